The predicted molar refractivity (Wildman–Crippen MR) is 223 cm³/mol. The van der Waals surface area contributed by atoms with E-state index in [1.54, 1.807) is 5.56 Å². The van der Waals surface area contributed by atoms with Gasteiger partial charge in [0, 0.05) is 5.92 Å². The van der Waals surface area contributed by atoms with Gasteiger partial charge in [-0.05, 0) is 150 Å². The van der Waals surface area contributed by atoms with Gasteiger partial charge in [-0.2, -0.15) is 0 Å². The fourth-order valence-corrected chi connectivity index (χ4v) is 13.7. The molecule has 1 aliphatic rings. The highest BCUT2D eigenvalue weighted by atomic mass is 31.1. The van der Waals surface area contributed by atoms with E-state index in [2.05, 4.69) is 171 Å². The van der Waals surface area contributed by atoms with Crippen molar-refractivity contribution in [3.05, 3.63) is 176 Å². The van der Waals surface area contributed by atoms with Crippen LogP contribution >= 0.6 is 15.8 Å². The first-order valence-corrected chi connectivity index (χ1v) is 20.9. The molecule has 6 aromatic carbocycles. The Bertz CT molecular complexity index is 2090. The SMILES string of the molecule is CCc1ccc(P(c2cccc(C)c2)c2cc(C)cc(C)c2)cc1C1CCc2ccc(P(c3cc(C)cc(C)c3)c3cc(C)cc(C)c3)cc21. The molecule has 0 saturated heterocycles. The zero-order chi connectivity index (χ0) is 35.1. The molecule has 0 saturated carbocycles. The monoisotopic (exact) mass is 688 g/mol. The van der Waals surface area contributed by atoms with Gasteiger partial charge in [0.05, 0.1) is 0 Å². The molecule has 7 rings (SSSR count). The number of fused-ring (bicyclic) bond motifs is 1. The average molecular weight is 689 g/mol. The molecule has 2 unspecified atom stereocenters. The fourth-order valence-electron chi connectivity index (χ4n) is 8.32. The minimum Gasteiger partial charge on any atom is -0.0613 e. The van der Waals surface area contributed by atoms with Crippen LogP contribution in [-0.4, -0.2) is 0 Å². The van der Waals surface area contributed by atoms with Gasteiger partial charge in [-0.15, -0.1) is 0 Å². The van der Waals surface area contributed by atoms with Crippen molar-refractivity contribution >= 4 is 47.7 Å². The maximum Gasteiger partial charge on any atom is 0.00984 e. The molecule has 2 heteroatoms. The molecule has 6 aromatic rings. The lowest BCUT2D eigenvalue weighted by molar-refractivity contribution is 0.777. The van der Waals surface area contributed by atoms with Crippen LogP contribution in [0.15, 0.2) is 115 Å². The first-order valence-electron chi connectivity index (χ1n) is 18.2. The normalized spacial score (nSPS) is 14.6. The summed E-state index contributed by atoms with van der Waals surface area (Å²) in [5.41, 5.74) is 15.5. The standard InChI is InChI=1S/C48H50P2/c1-9-38-13-16-41(49(40-12-10-11-31(2)22-40)43-23-32(3)19-33(4)24-43)29-47(38)46-18-15-39-14-17-42(30-48(39)46)50(44-25-34(5)20-35(6)26-44)45-27-36(7)21-37(8)28-45/h10-14,16-17,19-30,46H,9,15,18H2,1-8H3. The Morgan fingerprint density at radius 1 is 0.440 bits per heavy atom. The summed E-state index contributed by atoms with van der Waals surface area (Å²) in [6, 6.07) is 45.8. The summed E-state index contributed by atoms with van der Waals surface area (Å²) < 4.78 is 0. The molecule has 2 atom stereocenters. The Morgan fingerprint density at radius 2 is 0.880 bits per heavy atom. The van der Waals surface area contributed by atoms with Crippen LogP contribution in [0.1, 0.15) is 80.5 Å². The van der Waals surface area contributed by atoms with Crippen molar-refractivity contribution in [2.75, 3.05) is 0 Å². The molecular formula is C48H50P2. The van der Waals surface area contributed by atoms with Gasteiger partial charge >= 0.3 is 0 Å². The maximum atomic E-state index is 2.62. The van der Waals surface area contributed by atoms with E-state index in [-0.39, 0.29) is 0 Å². The molecule has 0 amide bonds. The molecule has 0 aliphatic heterocycles. The van der Waals surface area contributed by atoms with Crippen LogP contribution in [0, 0.1) is 48.5 Å². The van der Waals surface area contributed by atoms with Crippen LogP contribution in [0.4, 0.5) is 0 Å². The summed E-state index contributed by atoms with van der Waals surface area (Å²) >= 11 is 0. The molecule has 0 nitrogen and oxygen atoms in total. The lowest BCUT2D eigenvalue weighted by atomic mass is 9.88. The molecule has 0 N–H and O–H groups in total. The Kier molecular flexibility index (Phi) is 9.99. The molecule has 0 heterocycles. The largest absolute Gasteiger partial charge is 0.0613 e. The Morgan fingerprint density at radius 3 is 1.38 bits per heavy atom. The van der Waals surface area contributed by atoms with Gasteiger partial charge in [0.1, 0.15) is 0 Å². The molecule has 0 radical (unpaired) electrons. The van der Waals surface area contributed by atoms with Crippen molar-refractivity contribution in [2.24, 2.45) is 0 Å². The second-order valence-electron chi connectivity index (χ2n) is 14.8. The van der Waals surface area contributed by atoms with Gasteiger partial charge in [0.2, 0.25) is 0 Å². The third kappa shape index (κ3) is 7.17. The summed E-state index contributed by atoms with van der Waals surface area (Å²) in [5.74, 6) is 0.406. The van der Waals surface area contributed by atoms with Gasteiger partial charge in [-0.25, -0.2) is 0 Å². The zero-order valence-electron chi connectivity index (χ0n) is 31.1. The molecule has 252 valence electrons. The van der Waals surface area contributed by atoms with Crippen molar-refractivity contribution < 1.29 is 0 Å². The third-order valence-electron chi connectivity index (χ3n) is 10.3. The average Bonchev–Trinajstić information content (AvgIpc) is 3.47. The zero-order valence-corrected chi connectivity index (χ0v) is 32.9. The number of benzene rings is 6. The van der Waals surface area contributed by atoms with Crippen molar-refractivity contribution in [3.8, 4) is 0 Å². The summed E-state index contributed by atoms with van der Waals surface area (Å²) in [7, 11) is -1.40. The van der Waals surface area contributed by atoms with Crippen LogP contribution in [0.2, 0.25) is 0 Å². The van der Waals surface area contributed by atoms with Crippen LogP contribution < -0.4 is 31.8 Å². The summed E-state index contributed by atoms with van der Waals surface area (Å²) in [6.45, 7) is 18.0. The van der Waals surface area contributed by atoms with E-state index in [0.29, 0.717) is 5.92 Å². The van der Waals surface area contributed by atoms with Gasteiger partial charge in [-0.3, -0.25) is 0 Å². The second-order valence-corrected chi connectivity index (χ2v) is 19.2. The van der Waals surface area contributed by atoms with E-state index in [1.165, 1.54) is 93.9 Å². The predicted octanol–water partition coefficient (Wildman–Crippen LogP) is 10.0. The van der Waals surface area contributed by atoms with Crippen LogP contribution in [0.5, 0.6) is 0 Å². The molecule has 50 heavy (non-hydrogen) atoms. The van der Waals surface area contributed by atoms with Gasteiger partial charge < -0.3 is 0 Å². The van der Waals surface area contributed by atoms with E-state index in [0.717, 1.165) is 12.8 Å². The second kappa shape index (κ2) is 14.4. The molecule has 0 bridgehead atoms. The molecule has 0 aromatic heterocycles. The lowest BCUT2D eigenvalue weighted by Gasteiger charge is -2.25. The minimum absolute atomic E-state index is 0.406. The smallest absolute Gasteiger partial charge is 0.00984 e. The maximum absolute atomic E-state index is 2.62. The van der Waals surface area contributed by atoms with Crippen molar-refractivity contribution in [3.63, 3.8) is 0 Å². The highest BCUT2D eigenvalue weighted by Gasteiger charge is 2.29. The third-order valence-corrected chi connectivity index (χ3v) is 15.0. The van der Waals surface area contributed by atoms with Crippen LogP contribution in [-0.2, 0) is 12.8 Å². The topological polar surface area (TPSA) is 0 Å². The summed E-state index contributed by atoms with van der Waals surface area (Å²) in [5, 5.41) is 8.70. The van der Waals surface area contributed by atoms with E-state index in [9.17, 15) is 0 Å². The summed E-state index contributed by atoms with van der Waals surface area (Å²) in [4.78, 5) is 0. The van der Waals surface area contributed by atoms with Crippen molar-refractivity contribution in [2.45, 2.75) is 80.6 Å². The van der Waals surface area contributed by atoms with E-state index in [4.69, 9.17) is 0 Å². The van der Waals surface area contributed by atoms with Crippen molar-refractivity contribution in [1.29, 1.82) is 0 Å². The minimum atomic E-state index is -0.700. The molecule has 1 aliphatic carbocycles. The van der Waals surface area contributed by atoms with Gasteiger partial charge in [0.15, 0.2) is 0 Å². The molecule has 0 spiro atoms. The first kappa shape index (κ1) is 34.6. The van der Waals surface area contributed by atoms with Gasteiger partial charge in [-0.1, -0.05) is 149 Å². The van der Waals surface area contributed by atoms with E-state index < -0.39 is 15.8 Å². The molecular weight excluding hydrogens is 638 g/mol. The van der Waals surface area contributed by atoms with E-state index >= 15 is 0 Å². The Hall–Kier alpha value is -3.82. The van der Waals surface area contributed by atoms with Gasteiger partial charge in [0.25, 0.3) is 0 Å². The highest BCUT2D eigenvalue weighted by molar-refractivity contribution is 7.80. The molecule has 0 fully saturated rings. The Labute approximate surface area is 303 Å². The van der Waals surface area contributed by atoms with E-state index in [1.807, 2.05) is 0 Å². The van der Waals surface area contributed by atoms with Crippen LogP contribution in [0.3, 0.4) is 0 Å². The first-order chi connectivity index (χ1) is 24.1. The number of aryl methyl sites for hydroxylation is 9. The number of hydrogen-bond acceptors (Lipinski definition) is 0. The van der Waals surface area contributed by atoms with Crippen molar-refractivity contribution in [1.82, 2.24) is 0 Å². The number of rotatable bonds is 8. The number of hydrogen-bond donors (Lipinski definition) is 0. The quantitative estimate of drug-likeness (QED) is 0.140. The lowest BCUT2D eigenvalue weighted by Crippen LogP contribution is -2.23. The Balaban J connectivity index is 1.37. The van der Waals surface area contributed by atoms with Crippen LogP contribution in [0.25, 0.3) is 0 Å². The highest BCUT2D eigenvalue weighted by Crippen LogP contribution is 2.43. The summed E-state index contributed by atoms with van der Waals surface area (Å²) in [6.07, 6.45) is 3.36. The fraction of sp³-hybridized carbons (Fsp3) is 0.250.